The van der Waals surface area contributed by atoms with Gasteiger partial charge in [-0.25, -0.2) is 0 Å². The predicted octanol–water partition coefficient (Wildman–Crippen LogP) is 2.03. The van der Waals surface area contributed by atoms with Crippen LogP contribution in [0, 0.1) is 23.7 Å². The van der Waals surface area contributed by atoms with Gasteiger partial charge in [-0.2, -0.15) is 5.26 Å². The van der Waals surface area contributed by atoms with Gasteiger partial charge in [0.1, 0.15) is 0 Å². The molecule has 1 rings (SSSR count). The first-order chi connectivity index (χ1) is 7.05. The summed E-state index contributed by atoms with van der Waals surface area (Å²) in [5.41, 5.74) is 1.92. The quantitative estimate of drug-likeness (QED) is 0.814. The second-order valence-corrected chi connectivity index (χ2v) is 4.35. The number of pyridine rings is 1. The minimum atomic E-state index is -0.309. The Balaban J connectivity index is 2.46. The molecule has 3 nitrogen and oxygen atoms in total. The highest BCUT2D eigenvalue weighted by molar-refractivity contribution is 5.17. The summed E-state index contributed by atoms with van der Waals surface area (Å²) in [5, 5.41) is 12.1. The largest absolute Gasteiger partial charge is 0.311 e. The Morgan fingerprint density at radius 1 is 1.53 bits per heavy atom. The Hall–Kier alpha value is -1.40. The van der Waals surface area contributed by atoms with Gasteiger partial charge < -0.3 is 5.32 Å². The van der Waals surface area contributed by atoms with Crippen molar-refractivity contribution in [2.45, 2.75) is 27.3 Å². The fraction of sp³-hybridized carbons (Fsp3) is 0.500. The van der Waals surface area contributed by atoms with Gasteiger partial charge >= 0.3 is 0 Å². The van der Waals surface area contributed by atoms with E-state index >= 15 is 0 Å². The van der Waals surface area contributed by atoms with Gasteiger partial charge in [0.25, 0.3) is 0 Å². The lowest BCUT2D eigenvalue weighted by Crippen LogP contribution is -2.28. The Morgan fingerprint density at radius 2 is 2.27 bits per heavy atom. The van der Waals surface area contributed by atoms with Crippen LogP contribution < -0.4 is 5.32 Å². The molecule has 1 N–H and O–H groups in total. The molecule has 0 aliphatic rings. The molecule has 1 aromatic heterocycles. The van der Waals surface area contributed by atoms with Crippen molar-refractivity contribution in [2.24, 2.45) is 5.41 Å². The van der Waals surface area contributed by atoms with E-state index in [1.54, 1.807) is 6.20 Å². The number of nitrogens with zero attached hydrogens (tertiary/aromatic N) is 2. The molecule has 0 aromatic carbocycles. The monoisotopic (exact) mass is 203 g/mol. The second kappa shape index (κ2) is 4.90. The SMILES string of the molecule is Cc1ncccc1CNCC(C)(C)C#N. The van der Waals surface area contributed by atoms with Crippen molar-refractivity contribution in [1.29, 1.82) is 5.26 Å². The summed E-state index contributed by atoms with van der Waals surface area (Å²) in [6.07, 6.45) is 1.79. The van der Waals surface area contributed by atoms with Crippen molar-refractivity contribution in [1.82, 2.24) is 10.3 Å². The number of aromatic nitrogens is 1. The molecule has 0 amide bonds. The van der Waals surface area contributed by atoms with Crippen molar-refractivity contribution in [2.75, 3.05) is 6.54 Å². The molecule has 0 spiro atoms. The normalized spacial score (nSPS) is 11.1. The number of nitrogens with one attached hydrogen (secondary N) is 1. The van der Waals surface area contributed by atoms with Crippen LogP contribution >= 0.6 is 0 Å². The van der Waals surface area contributed by atoms with Crippen LogP contribution in [0.3, 0.4) is 0 Å². The number of rotatable bonds is 4. The summed E-state index contributed by atoms with van der Waals surface area (Å²) in [6, 6.07) is 6.24. The van der Waals surface area contributed by atoms with Crippen molar-refractivity contribution < 1.29 is 0 Å². The third-order valence-electron chi connectivity index (χ3n) is 2.30. The van der Waals surface area contributed by atoms with E-state index in [2.05, 4.69) is 22.4 Å². The number of hydrogen-bond donors (Lipinski definition) is 1. The Bertz CT molecular complexity index is 363. The zero-order valence-corrected chi connectivity index (χ0v) is 9.54. The topological polar surface area (TPSA) is 48.7 Å². The van der Waals surface area contributed by atoms with Gasteiger partial charge in [-0.15, -0.1) is 0 Å². The van der Waals surface area contributed by atoms with E-state index in [0.29, 0.717) is 6.54 Å². The van der Waals surface area contributed by atoms with Crippen LogP contribution in [0.4, 0.5) is 0 Å². The third kappa shape index (κ3) is 3.69. The van der Waals surface area contributed by atoms with E-state index < -0.39 is 0 Å². The summed E-state index contributed by atoms with van der Waals surface area (Å²) in [5.74, 6) is 0. The lowest BCUT2D eigenvalue weighted by Gasteiger charge is -2.16. The highest BCUT2D eigenvalue weighted by atomic mass is 14.9. The fourth-order valence-corrected chi connectivity index (χ4v) is 1.25. The minimum Gasteiger partial charge on any atom is -0.311 e. The molecule has 0 aliphatic carbocycles. The van der Waals surface area contributed by atoms with Gasteiger partial charge in [-0.3, -0.25) is 4.98 Å². The van der Waals surface area contributed by atoms with Crippen molar-refractivity contribution in [3.63, 3.8) is 0 Å². The molecule has 0 atom stereocenters. The van der Waals surface area contributed by atoms with Crippen LogP contribution in [-0.4, -0.2) is 11.5 Å². The van der Waals surface area contributed by atoms with E-state index in [1.165, 1.54) is 5.56 Å². The second-order valence-electron chi connectivity index (χ2n) is 4.35. The fourth-order valence-electron chi connectivity index (χ4n) is 1.25. The zero-order valence-electron chi connectivity index (χ0n) is 9.54. The lowest BCUT2D eigenvalue weighted by molar-refractivity contribution is 0.444. The summed E-state index contributed by atoms with van der Waals surface area (Å²) in [4.78, 5) is 4.21. The van der Waals surface area contributed by atoms with Crippen LogP contribution in [-0.2, 0) is 6.54 Å². The number of nitriles is 1. The molecule has 0 saturated heterocycles. The van der Waals surface area contributed by atoms with Gasteiger partial charge in [0, 0.05) is 25.0 Å². The molecule has 1 heterocycles. The highest BCUT2D eigenvalue weighted by Gasteiger charge is 2.15. The molecule has 0 radical (unpaired) electrons. The smallest absolute Gasteiger partial charge is 0.0697 e. The van der Waals surface area contributed by atoms with Crippen LogP contribution in [0.5, 0.6) is 0 Å². The molecule has 0 bridgehead atoms. The maximum Gasteiger partial charge on any atom is 0.0697 e. The molecule has 3 heteroatoms. The van der Waals surface area contributed by atoms with Crippen LogP contribution in [0.25, 0.3) is 0 Å². The Morgan fingerprint density at radius 3 is 2.87 bits per heavy atom. The molecule has 80 valence electrons. The average Bonchev–Trinajstić information content (AvgIpc) is 2.21. The standard InChI is InChI=1S/C12H17N3/c1-10-11(5-4-6-15-10)7-14-9-12(2,3)8-13/h4-6,14H,7,9H2,1-3H3. The highest BCUT2D eigenvalue weighted by Crippen LogP contribution is 2.11. The summed E-state index contributed by atoms with van der Waals surface area (Å²) in [7, 11) is 0. The Kier molecular flexibility index (Phi) is 3.81. The molecule has 0 unspecified atom stereocenters. The first-order valence-electron chi connectivity index (χ1n) is 5.07. The first-order valence-corrected chi connectivity index (χ1v) is 5.07. The molecule has 0 saturated carbocycles. The third-order valence-corrected chi connectivity index (χ3v) is 2.30. The predicted molar refractivity (Wildman–Crippen MR) is 60.1 cm³/mol. The molecule has 15 heavy (non-hydrogen) atoms. The lowest BCUT2D eigenvalue weighted by atomic mass is 9.96. The molecule has 1 aromatic rings. The van der Waals surface area contributed by atoms with E-state index in [9.17, 15) is 0 Å². The van der Waals surface area contributed by atoms with E-state index in [1.807, 2.05) is 26.8 Å². The van der Waals surface area contributed by atoms with Gasteiger partial charge in [-0.05, 0) is 32.4 Å². The number of hydrogen-bond acceptors (Lipinski definition) is 3. The van der Waals surface area contributed by atoms with Crippen molar-refractivity contribution in [3.8, 4) is 6.07 Å². The van der Waals surface area contributed by atoms with E-state index in [-0.39, 0.29) is 5.41 Å². The van der Waals surface area contributed by atoms with E-state index in [4.69, 9.17) is 5.26 Å². The van der Waals surface area contributed by atoms with Crippen LogP contribution in [0.1, 0.15) is 25.1 Å². The van der Waals surface area contributed by atoms with Crippen LogP contribution in [0.2, 0.25) is 0 Å². The minimum absolute atomic E-state index is 0.309. The molecule has 0 fully saturated rings. The maximum absolute atomic E-state index is 8.84. The molecule has 0 aliphatic heterocycles. The molecular weight excluding hydrogens is 186 g/mol. The van der Waals surface area contributed by atoms with Gasteiger partial charge in [-0.1, -0.05) is 6.07 Å². The summed E-state index contributed by atoms with van der Waals surface area (Å²) < 4.78 is 0. The number of aryl methyl sites for hydroxylation is 1. The van der Waals surface area contributed by atoms with Crippen molar-refractivity contribution in [3.05, 3.63) is 29.6 Å². The van der Waals surface area contributed by atoms with Gasteiger partial charge in [0.05, 0.1) is 11.5 Å². The molecular formula is C12H17N3. The van der Waals surface area contributed by atoms with Crippen molar-refractivity contribution >= 4 is 0 Å². The maximum atomic E-state index is 8.84. The average molecular weight is 203 g/mol. The zero-order chi connectivity index (χ0) is 11.3. The van der Waals surface area contributed by atoms with Crippen LogP contribution in [0.15, 0.2) is 18.3 Å². The van der Waals surface area contributed by atoms with Gasteiger partial charge in [0.2, 0.25) is 0 Å². The Labute approximate surface area is 91.1 Å². The van der Waals surface area contributed by atoms with E-state index in [0.717, 1.165) is 12.2 Å². The summed E-state index contributed by atoms with van der Waals surface area (Å²) in [6.45, 7) is 7.31. The first kappa shape index (κ1) is 11.7. The van der Waals surface area contributed by atoms with Gasteiger partial charge in [0.15, 0.2) is 0 Å². The summed E-state index contributed by atoms with van der Waals surface area (Å²) >= 11 is 0.